The van der Waals surface area contributed by atoms with Crippen LogP contribution in [0.2, 0.25) is 0 Å². The maximum atomic E-state index is 12.4. The van der Waals surface area contributed by atoms with Gasteiger partial charge in [0.25, 0.3) is 0 Å². The number of carbonyl (C=O) groups is 2. The molecule has 0 saturated heterocycles. The Labute approximate surface area is 158 Å². The van der Waals surface area contributed by atoms with Crippen LogP contribution in [0.1, 0.15) is 21.5 Å². The van der Waals surface area contributed by atoms with Gasteiger partial charge in [-0.25, -0.2) is 9.59 Å². The van der Waals surface area contributed by atoms with E-state index in [4.69, 9.17) is 9.15 Å². The molecule has 3 aromatic rings. The number of amides is 1. The van der Waals surface area contributed by atoms with E-state index in [0.29, 0.717) is 28.2 Å². The SMILES string of the molecule is Cc1ccc2c(COC(=O)c3ccc4c(c3)NC(=O)CS4)cc(=O)oc2c1. The van der Waals surface area contributed by atoms with E-state index in [0.717, 1.165) is 15.8 Å². The molecule has 1 aliphatic heterocycles. The molecule has 0 radical (unpaired) electrons. The van der Waals surface area contributed by atoms with E-state index >= 15 is 0 Å². The minimum absolute atomic E-state index is 0.0534. The number of fused-ring (bicyclic) bond motifs is 2. The lowest BCUT2D eigenvalue weighted by Gasteiger charge is -2.16. The molecule has 1 N–H and O–H groups in total. The number of hydrogen-bond donors (Lipinski definition) is 1. The highest BCUT2D eigenvalue weighted by Crippen LogP contribution is 2.32. The predicted molar refractivity (Wildman–Crippen MR) is 102 cm³/mol. The first-order valence-electron chi connectivity index (χ1n) is 8.27. The Bertz CT molecular complexity index is 1130. The van der Waals surface area contributed by atoms with Crippen molar-refractivity contribution in [3.05, 3.63) is 69.6 Å². The van der Waals surface area contributed by atoms with Crippen molar-refractivity contribution in [1.29, 1.82) is 0 Å². The second kappa shape index (κ2) is 6.92. The van der Waals surface area contributed by atoms with Crippen LogP contribution in [-0.4, -0.2) is 17.6 Å². The van der Waals surface area contributed by atoms with Gasteiger partial charge in [-0.05, 0) is 36.8 Å². The van der Waals surface area contributed by atoms with E-state index in [9.17, 15) is 14.4 Å². The van der Waals surface area contributed by atoms with Crippen molar-refractivity contribution in [1.82, 2.24) is 0 Å². The molecular formula is C20H15NO5S. The molecule has 0 atom stereocenters. The van der Waals surface area contributed by atoms with Gasteiger partial charge < -0.3 is 14.5 Å². The van der Waals surface area contributed by atoms with E-state index in [1.54, 1.807) is 24.3 Å². The molecule has 6 nitrogen and oxygen atoms in total. The molecule has 2 heterocycles. The number of thioether (sulfide) groups is 1. The Balaban J connectivity index is 1.56. The van der Waals surface area contributed by atoms with Gasteiger partial charge in [0.15, 0.2) is 0 Å². The van der Waals surface area contributed by atoms with Gasteiger partial charge in [0.05, 0.1) is 17.0 Å². The van der Waals surface area contributed by atoms with Crippen molar-refractivity contribution in [2.75, 3.05) is 11.1 Å². The summed E-state index contributed by atoms with van der Waals surface area (Å²) in [5, 5.41) is 3.47. The molecule has 0 spiro atoms. The Hall–Kier alpha value is -3.06. The summed E-state index contributed by atoms with van der Waals surface area (Å²) in [6.45, 7) is 1.85. The van der Waals surface area contributed by atoms with Crippen molar-refractivity contribution in [3.63, 3.8) is 0 Å². The van der Waals surface area contributed by atoms with Gasteiger partial charge in [-0.1, -0.05) is 12.1 Å². The number of anilines is 1. The van der Waals surface area contributed by atoms with Crippen LogP contribution in [0.5, 0.6) is 0 Å². The highest BCUT2D eigenvalue weighted by molar-refractivity contribution is 8.00. The van der Waals surface area contributed by atoms with Crippen LogP contribution in [0.25, 0.3) is 11.0 Å². The first-order chi connectivity index (χ1) is 13.0. The minimum atomic E-state index is -0.531. The number of rotatable bonds is 3. The molecule has 2 aromatic carbocycles. The lowest BCUT2D eigenvalue weighted by atomic mass is 10.1. The third-order valence-corrected chi connectivity index (χ3v) is 5.27. The number of hydrogen-bond acceptors (Lipinski definition) is 6. The first-order valence-corrected chi connectivity index (χ1v) is 9.25. The van der Waals surface area contributed by atoms with E-state index in [1.807, 2.05) is 19.1 Å². The van der Waals surface area contributed by atoms with E-state index in [-0.39, 0.29) is 12.5 Å². The summed E-state index contributed by atoms with van der Waals surface area (Å²) in [7, 11) is 0. The summed E-state index contributed by atoms with van der Waals surface area (Å²) in [5.74, 6) is -0.271. The van der Waals surface area contributed by atoms with Gasteiger partial charge in [0.2, 0.25) is 5.91 Å². The van der Waals surface area contributed by atoms with Crippen LogP contribution < -0.4 is 10.9 Å². The van der Waals surface area contributed by atoms with Gasteiger partial charge in [0.1, 0.15) is 12.2 Å². The van der Waals surface area contributed by atoms with Gasteiger partial charge in [-0.3, -0.25) is 4.79 Å². The third kappa shape index (κ3) is 3.59. The number of nitrogens with one attached hydrogen (secondary N) is 1. The smallest absolute Gasteiger partial charge is 0.338 e. The molecule has 0 bridgehead atoms. The molecule has 4 rings (SSSR count). The molecule has 1 aromatic heterocycles. The largest absolute Gasteiger partial charge is 0.457 e. The highest BCUT2D eigenvalue weighted by Gasteiger charge is 2.18. The van der Waals surface area contributed by atoms with Crippen LogP contribution in [-0.2, 0) is 16.1 Å². The molecule has 0 fully saturated rings. The van der Waals surface area contributed by atoms with E-state index in [1.165, 1.54) is 17.8 Å². The van der Waals surface area contributed by atoms with Crippen LogP contribution in [0.4, 0.5) is 5.69 Å². The van der Waals surface area contributed by atoms with Crippen LogP contribution in [0.3, 0.4) is 0 Å². The first kappa shape index (κ1) is 17.4. The van der Waals surface area contributed by atoms with Crippen LogP contribution in [0.15, 0.2) is 56.6 Å². The summed E-state index contributed by atoms with van der Waals surface area (Å²) >= 11 is 1.42. The van der Waals surface area contributed by atoms with Crippen molar-refractivity contribution in [2.45, 2.75) is 18.4 Å². The number of ether oxygens (including phenoxy) is 1. The Morgan fingerprint density at radius 1 is 1.19 bits per heavy atom. The quantitative estimate of drug-likeness (QED) is 0.552. The number of carbonyl (C=O) groups excluding carboxylic acids is 2. The highest BCUT2D eigenvalue weighted by atomic mass is 32.2. The topological polar surface area (TPSA) is 85.6 Å². The molecule has 0 aliphatic carbocycles. The van der Waals surface area contributed by atoms with Crippen LogP contribution in [0, 0.1) is 6.92 Å². The second-order valence-corrected chi connectivity index (χ2v) is 7.23. The fourth-order valence-electron chi connectivity index (χ4n) is 2.89. The number of aryl methyl sites for hydroxylation is 1. The van der Waals surface area contributed by atoms with E-state index in [2.05, 4.69) is 5.32 Å². The van der Waals surface area contributed by atoms with Crippen molar-refractivity contribution < 1.29 is 18.7 Å². The molecule has 0 saturated carbocycles. The molecular weight excluding hydrogens is 366 g/mol. The Morgan fingerprint density at radius 3 is 2.89 bits per heavy atom. The van der Waals surface area contributed by atoms with E-state index < -0.39 is 11.6 Å². The third-order valence-electron chi connectivity index (χ3n) is 4.19. The summed E-state index contributed by atoms with van der Waals surface area (Å²) in [6, 6.07) is 11.9. The fourth-order valence-corrected chi connectivity index (χ4v) is 3.68. The monoisotopic (exact) mass is 381 g/mol. The Morgan fingerprint density at radius 2 is 2.04 bits per heavy atom. The zero-order valence-electron chi connectivity index (χ0n) is 14.4. The van der Waals surface area contributed by atoms with Crippen molar-refractivity contribution in [2.24, 2.45) is 0 Å². The van der Waals surface area contributed by atoms with Gasteiger partial charge in [0, 0.05) is 21.9 Å². The number of benzene rings is 2. The van der Waals surface area contributed by atoms with Gasteiger partial charge in [-0.15, -0.1) is 11.8 Å². The zero-order chi connectivity index (χ0) is 19.0. The summed E-state index contributed by atoms with van der Waals surface area (Å²) in [6.07, 6.45) is 0. The molecule has 27 heavy (non-hydrogen) atoms. The molecule has 1 aliphatic rings. The maximum absolute atomic E-state index is 12.4. The predicted octanol–water partition coefficient (Wildman–Crippen LogP) is 3.50. The average molecular weight is 381 g/mol. The zero-order valence-corrected chi connectivity index (χ0v) is 15.2. The lowest BCUT2D eigenvalue weighted by Crippen LogP contribution is -2.19. The summed E-state index contributed by atoms with van der Waals surface area (Å²) in [5.41, 5.74) is 2.45. The number of esters is 1. The standard InChI is InChI=1S/C20H15NO5S/c1-11-2-4-14-13(8-19(23)26-16(14)6-11)9-25-20(24)12-3-5-17-15(7-12)21-18(22)10-27-17/h2-8H,9-10H2,1H3,(H,21,22). The van der Waals surface area contributed by atoms with Crippen LogP contribution >= 0.6 is 11.8 Å². The average Bonchev–Trinajstić information content (AvgIpc) is 2.64. The minimum Gasteiger partial charge on any atom is -0.457 e. The summed E-state index contributed by atoms with van der Waals surface area (Å²) in [4.78, 5) is 36.6. The second-order valence-electron chi connectivity index (χ2n) is 6.21. The molecule has 136 valence electrons. The molecule has 1 amide bonds. The summed E-state index contributed by atoms with van der Waals surface area (Å²) < 4.78 is 10.6. The molecule has 7 heteroatoms. The normalized spacial score (nSPS) is 13.1. The van der Waals surface area contributed by atoms with Crippen molar-refractivity contribution in [3.8, 4) is 0 Å². The maximum Gasteiger partial charge on any atom is 0.338 e. The van der Waals surface area contributed by atoms with Gasteiger partial charge in [-0.2, -0.15) is 0 Å². The van der Waals surface area contributed by atoms with Gasteiger partial charge >= 0.3 is 11.6 Å². The fraction of sp³-hybridized carbons (Fsp3) is 0.150. The Kier molecular flexibility index (Phi) is 4.45. The molecule has 0 unspecified atom stereocenters. The van der Waals surface area contributed by atoms with Crippen molar-refractivity contribution >= 4 is 40.3 Å². The lowest BCUT2D eigenvalue weighted by molar-refractivity contribution is -0.113.